The molecular formula is C19H19ClN2O4. The smallest absolute Gasteiger partial charge is 0.249 e. The summed E-state index contributed by atoms with van der Waals surface area (Å²) >= 11 is 6.09. The van der Waals surface area contributed by atoms with E-state index in [9.17, 15) is 9.59 Å². The maximum absolute atomic E-state index is 12.7. The number of methoxy groups -OCH3 is 1. The minimum absolute atomic E-state index is 0.0228. The van der Waals surface area contributed by atoms with Gasteiger partial charge in [0.2, 0.25) is 11.8 Å². The van der Waals surface area contributed by atoms with Crippen molar-refractivity contribution in [3.8, 4) is 5.75 Å². The minimum atomic E-state index is -0.711. The summed E-state index contributed by atoms with van der Waals surface area (Å²) in [5.41, 5.74) is 1.48. The van der Waals surface area contributed by atoms with Gasteiger partial charge in [0.1, 0.15) is 18.4 Å². The number of morpholine rings is 1. The molecular weight excluding hydrogens is 356 g/mol. The van der Waals surface area contributed by atoms with Gasteiger partial charge >= 0.3 is 0 Å². The van der Waals surface area contributed by atoms with Crippen molar-refractivity contribution >= 4 is 29.1 Å². The Bertz CT molecular complexity index is 797. The number of hydrogen-bond acceptors (Lipinski definition) is 4. The molecule has 0 unspecified atom stereocenters. The van der Waals surface area contributed by atoms with Crippen LogP contribution in [0.1, 0.15) is 5.56 Å². The highest BCUT2D eigenvalue weighted by Gasteiger charge is 2.34. The lowest BCUT2D eigenvalue weighted by Crippen LogP contribution is -2.54. The van der Waals surface area contributed by atoms with E-state index < -0.39 is 6.04 Å². The van der Waals surface area contributed by atoms with Crippen LogP contribution in [-0.2, 0) is 20.9 Å². The summed E-state index contributed by atoms with van der Waals surface area (Å²) in [6.07, 6.45) is 0. The lowest BCUT2D eigenvalue weighted by atomic mass is 10.1. The fourth-order valence-electron chi connectivity index (χ4n) is 2.77. The first-order valence-electron chi connectivity index (χ1n) is 8.14. The number of amides is 2. The molecule has 0 spiro atoms. The maximum atomic E-state index is 12.7. The van der Waals surface area contributed by atoms with E-state index >= 15 is 0 Å². The molecule has 6 nitrogen and oxygen atoms in total. The second kappa shape index (κ2) is 8.21. The summed E-state index contributed by atoms with van der Waals surface area (Å²) in [6.45, 7) is 0.476. The monoisotopic (exact) mass is 374 g/mol. The molecule has 136 valence electrons. The highest BCUT2D eigenvalue weighted by molar-refractivity contribution is 6.32. The molecule has 0 bridgehead atoms. The topological polar surface area (TPSA) is 67.9 Å². The number of nitrogens with zero attached hydrogens (tertiary/aromatic N) is 1. The highest BCUT2D eigenvalue weighted by atomic mass is 35.5. The van der Waals surface area contributed by atoms with E-state index in [1.807, 2.05) is 30.3 Å². The number of nitrogens with one attached hydrogen (secondary N) is 1. The standard InChI is InChI=1S/C19H19ClN2O4/c1-25-17-8-7-14(9-15(17)20)21-19(24)16-11-26-12-18(23)22(16)10-13-5-3-2-4-6-13/h2-9,16H,10-12H2,1H3,(H,21,24)/t16-/m0/s1. The van der Waals surface area contributed by atoms with Crippen molar-refractivity contribution in [1.29, 1.82) is 0 Å². The Hall–Kier alpha value is -2.57. The number of carbonyl (C=O) groups excluding carboxylic acids is 2. The summed E-state index contributed by atoms with van der Waals surface area (Å²) < 4.78 is 10.4. The summed E-state index contributed by atoms with van der Waals surface area (Å²) in [7, 11) is 1.52. The van der Waals surface area contributed by atoms with Crippen LogP contribution >= 0.6 is 11.6 Å². The molecule has 2 aromatic rings. The van der Waals surface area contributed by atoms with E-state index in [0.29, 0.717) is 23.0 Å². The van der Waals surface area contributed by atoms with Gasteiger partial charge in [0, 0.05) is 12.2 Å². The Kier molecular flexibility index (Phi) is 5.75. The number of ether oxygens (including phenoxy) is 2. The van der Waals surface area contributed by atoms with Gasteiger partial charge in [0.05, 0.1) is 18.7 Å². The van der Waals surface area contributed by atoms with Crippen molar-refractivity contribution in [3.63, 3.8) is 0 Å². The van der Waals surface area contributed by atoms with Gasteiger partial charge in [-0.1, -0.05) is 41.9 Å². The molecule has 1 fully saturated rings. The molecule has 2 amide bonds. The first-order valence-corrected chi connectivity index (χ1v) is 8.52. The number of hydrogen-bond donors (Lipinski definition) is 1. The molecule has 0 aromatic heterocycles. The third-order valence-corrected chi connectivity index (χ3v) is 4.41. The van der Waals surface area contributed by atoms with E-state index in [1.165, 1.54) is 7.11 Å². The van der Waals surface area contributed by atoms with Crippen LogP contribution in [0.25, 0.3) is 0 Å². The molecule has 7 heteroatoms. The van der Waals surface area contributed by atoms with Gasteiger partial charge in [-0.05, 0) is 23.8 Å². The van der Waals surface area contributed by atoms with Gasteiger partial charge in [-0.3, -0.25) is 9.59 Å². The lowest BCUT2D eigenvalue weighted by Gasteiger charge is -2.34. The molecule has 3 rings (SSSR count). The van der Waals surface area contributed by atoms with Crippen LogP contribution in [-0.4, -0.2) is 43.1 Å². The molecule has 0 radical (unpaired) electrons. The van der Waals surface area contributed by atoms with Crippen LogP contribution in [0.5, 0.6) is 5.75 Å². The van der Waals surface area contributed by atoms with Gasteiger partial charge < -0.3 is 19.7 Å². The third kappa shape index (κ3) is 4.15. The van der Waals surface area contributed by atoms with E-state index in [1.54, 1.807) is 23.1 Å². The molecule has 26 heavy (non-hydrogen) atoms. The van der Waals surface area contributed by atoms with E-state index in [4.69, 9.17) is 21.1 Å². The maximum Gasteiger partial charge on any atom is 0.249 e. The molecule has 1 aliphatic heterocycles. The average Bonchev–Trinajstić information content (AvgIpc) is 2.64. The average molecular weight is 375 g/mol. The van der Waals surface area contributed by atoms with Crippen molar-refractivity contribution in [2.45, 2.75) is 12.6 Å². The molecule has 1 heterocycles. The Labute approximate surface area is 156 Å². The summed E-state index contributed by atoms with van der Waals surface area (Å²) in [5, 5.41) is 3.18. The van der Waals surface area contributed by atoms with Gasteiger partial charge in [0.15, 0.2) is 0 Å². The molecule has 1 saturated heterocycles. The second-order valence-electron chi connectivity index (χ2n) is 5.88. The molecule has 1 atom stereocenters. The Morgan fingerprint density at radius 1 is 1.31 bits per heavy atom. The van der Waals surface area contributed by atoms with Crippen LogP contribution in [0, 0.1) is 0 Å². The molecule has 2 aromatic carbocycles. The van der Waals surface area contributed by atoms with Crippen LogP contribution in [0.4, 0.5) is 5.69 Å². The van der Waals surface area contributed by atoms with Crippen molar-refractivity contribution in [1.82, 2.24) is 4.90 Å². The Balaban J connectivity index is 1.75. The van der Waals surface area contributed by atoms with Crippen molar-refractivity contribution in [2.75, 3.05) is 25.6 Å². The van der Waals surface area contributed by atoms with E-state index in [2.05, 4.69) is 5.32 Å². The van der Waals surface area contributed by atoms with Gasteiger partial charge in [-0.15, -0.1) is 0 Å². The van der Waals surface area contributed by atoms with Crippen molar-refractivity contribution < 1.29 is 19.1 Å². The quantitative estimate of drug-likeness (QED) is 0.873. The zero-order valence-electron chi connectivity index (χ0n) is 14.3. The molecule has 1 aliphatic rings. The Morgan fingerprint density at radius 3 is 2.77 bits per heavy atom. The fraction of sp³-hybridized carbons (Fsp3) is 0.263. The SMILES string of the molecule is COc1ccc(NC(=O)[C@@H]2COCC(=O)N2Cc2ccccc2)cc1Cl. The minimum Gasteiger partial charge on any atom is -0.495 e. The molecule has 0 aliphatic carbocycles. The van der Waals surface area contributed by atoms with E-state index in [0.717, 1.165) is 5.56 Å². The second-order valence-corrected chi connectivity index (χ2v) is 6.28. The van der Waals surface area contributed by atoms with E-state index in [-0.39, 0.29) is 25.0 Å². The normalized spacial score (nSPS) is 17.1. The molecule has 0 saturated carbocycles. The number of benzene rings is 2. The van der Waals surface area contributed by atoms with Gasteiger partial charge in [-0.2, -0.15) is 0 Å². The first-order chi connectivity index (χ1) is 12.6. The van der Waals surface area contributed by atoms with Crippen molar-refractivity contribution in [3.05, 3.63) is 59.1 Å². The summed E-state index contributed by atoms with van der Waals surface area (Å²) in [4.78, 5) is 26.5. The summed E-state index contributed by atoms with van der Waals surface area (Å²) in [6, 6.07) is 13.8. The van der Waals surface area contributed by atoms with Crippen LogP contribution in [0.15, 0.2) is 48.5 Å². The van der Waals surface area contributed by atoms with Crippen LogP contribution in [0.3, 0.4) is 0 Å². The van der Waals surface area contributed by atoms with Crippen LogP contribution in [0.2, 0.25) is 5.02 Å². The fourth-order valence-corrected chi connectivity index (χ4v) is 3.03. The third-order valence-electron chi connectivity index (χ3n) is 4.12. The first kappa shape index (κ1) is 18.2. The lowest BCUT2D eigenvalue weighted by molar-refractivity contribution is -0.154. The summed E-state index contributed by atoms with van der Waals surface area (Å²) in [5.74, 6) is -0.0187. The molecule has 1 N–H and O–H groups in total. The number of halogens is 1. The predicted octanol–water partition coefficient (Wildman–Crippen LogP) is 2.71. The zero-order valence-corrected chi connectivity index (χ0v) is 15.0. The largest absolute Gasteiger partial charge is 0.495 e. The van der Waals surface area contributed by atoms with Gasteiger partial charge in [-0.25, -0.2) is 0 Å². The number of anilines is 1. The zero-order chi connectivity index (χ0) is 18.5. The number of rotatable bonds is 5. The van der Waals surface area contributed by atoms with Crippen molar-refractivity contribution in [2.24, 2.45) is 0 Å². The highest BCUT2D eigenvalue weighted by Crippen LogP contribution is 2.27. The van der Waals surface area contributed by atoms with Gasteiger partial charge in [0.25, 0.3) is 0 Å². The Morgan fingerprint density at radius 2 is 2.08 bits per heavy atom. The number of carbonyl (C=O) groups is 2. The predicted molar refractivity (Wildman–Crippen MR) is 98.2 cm³/mol. The van der Waals surface area contributed by atoms with Crippen LogP contribution < -0.4 is 10.1 Å².